The lowest BCUT2D eigenvalue weighted by atomic mass is 10.3. The van der Waals surface area contributed by atoms with E-state index in [1.165, 1.54) is 0 Å². The lowest BCUT2D eigenvalue weighted by Gasteiger charge is -1.88. The molecule has 0 saturated heterocycles. The van der Waals surface area contributed by atoms with Gasteiger partial charge in [-0.05, 0) is 6.42 Å². The van der Waals surface area contributed by atoms with Crippen LogP contribution in [0.1, 0.15) is 6.42 Å². The molecule has 0 aromatic carbocycles. The number of allylic oxidation sites excluding steroid dienone is 4. The highest BCUT2D eigenvalue weighted by molar-refractivity contribution is 5.10. The molecule has 0 N–H and O–H groups in total. The minimum Gasteiger partial charge on any atom is -0.384 e. The van der Waals surface area contributed by atoms with Crippen LogP contribution in [0, 0.1) is 0 Å². The Bertz CT molecular complexity index is 169. The van der Waals surface area contributed by atoms with Gasteiger partial charge in [0.15, 0.2) is 0 Å². The standard InChI is InChI=1S/C11H18O2/c1-12-10-8-6-4-3-5-7-9-11-13-2/h3-8H,9-11H2,1-2H3. The summed E-state index contributed by atoms with van der Waals surface area (Å²) < 4.78 is 9.74. The number of hydrogen-bond donors (Lipinski definition) is 0. The van der Waals surface area contributed by atoms with E-state index in [1.54, 1.807) is 14.2 Å². The summed E-state index contributed by atoms with van der Waals surface area (Å²) in [6, 6.07) is 0. The van der Waals surface area contributed by atoms with Gasteiger partial charge in [-0.3, -0.25) is 0 Å². The molecule has 0 atom stereocenters. The largest absolute Gasteiger partial charge is 0.384 e. The van der Waals surface area contributed by atoms with Crippen LogP contribution in [0.2, 0.25) is 0 Å². The summed E-state index contributed by atoms with van der Waals surface area (Å²) in [5.41, 5.74) is 0. The highest BCUT2D eigenvalue weighted by atomic mass is 16.5. The Kier molecular flexibility index (Phi) is 10.4. The second kappa shape index (κ2) is 11.1. The average Bonchev–Trinajstić information content (AvgIpc) is 2.16. The fourth-order valence-electron chi connectivity index (χ4n) is 0.719. The molecule has 0 aliphatic carbocycles. The van der Waals surface area contributed by atoms with Crippen molar-refractivity contribution in [1.29, 1.82) is 0 Å². The van der Waals surface area contributed by atoms with Gasteiger partial charge in [-0.2, -0.15) is 0 Å². The monoisotopic (exact) mass is 182 g/mol. The predicted molar refractivity (Wildman–Crippen MR) is 55.8 cm³/mol. The Hall–Kier alpha value is -0.860. The zero-order valence-corrected chi connectivity index (χ0v) is 8.40. The predicted octanol–water partition coefficient (Wildman–Crippen LogP) is 2.34. The Balaban J connectivity index is 3.34. The maximum atomic E-state index is 4.90. The summed E-state index contributed by atoms with van der Waals surface area (Å²) in [6.07, 6.45) is 12.9. The Labute approximate surface area is 80.5 Å². The van der Waals surface area contributed by atoms with Crippen molar-refractivity contribution in [2.45, 2.75) is 6.42 Å². The fraction of sp³-hybridized carbons (Fsp3) is 0.455. The molecule has 74 valence electrons. The SMILES string of the molecule is COCC=CC=CC=CCCOC. The number of hydrogen-bond acceptors (Lipinski definition) is 2. The molecule has 0 heterocycles. The van der Waals surface area contributed by atoms with Gasteiger partial charge in [0.1, 0.15) is 0 Å². The van der Waals surface area contributed by atoms with E-state index >= 15 is 0 Å². The molecule has 0 saturated carbocycles. The minimum absolute atomic E-state index is 0.664. The van der Waals surface area contributed by atoms with Crippen molar-refractivity contribution in [3.63, 3.8) is 0 Å². The molecule has 0 aliphatic rings. The second-order valence-corrected chi connectivity index (χ2v) is 2.48. The Morgan fingerprint density at radius 2 is 1.54 bits per heavy atom. The van der Waals surface area contributed by atoms with Crippen molar-refractivity contribution in [3.8, 4) is 0 Å². The van der Waals surface area contributed by atoms with Gasteiger partial charge in [0.05, 0.1) is 6.61 Å². The van der Waals surface area contributed by atoms with Crippen molar-refractivity contribution in [2.75, 3.05) is 27.4 Å². The molecule has 0 unspecified atom stereocenters. The summed E-state index contributed by atoms with van der Waals surface area (Å²) in [5.74, 6) is 0. The summed E-state index contributed by atoms with van der Waals surface area (Å²) >= 11 is 0. The van der Waals surface area contributed by atoms with E-state index in [1.807, 2.05) is 30.4 Å². The van der Waals surface area contributed by atoms with Crippen LogP contribution in [0.15, 0.2) is 36.5 Å². The molecular formula is C11H18O2. The minimum atomic E-state index is 0.664. The molecule has 0 rings (SSSR count). The van der Waals surface area contributed by atoms with Crippen LogP contribution >= 0.6 is 0 Å². The summed E-state index contributed by atoms with van der Waals surface area (Å²) in [5, 5.41) is 0. The van der Waals surface area contributed by atoms with Crippen LogP contribution in [0.4, 0.5) is 0 Å². The van der Waals surface area contributed by atoms with Crippen LogP contribution in [0.25, 0.3) is 0 Å². The summed E-state index contributed by atoms with van der Waals surface area (Å²) in [7, 11) is 3.38. The molecule has 0 bridgehead atoms. The first-order valence-corrected chi connectivity index (χ1v) is 4.38. The van der Waals surface area contributed by atoms with Gasteiger partial charge in [0.25, 0.3) is 0 Å². The van der Waals surface area contributed by atoms with Gasteiger partial charge in [-0.15, -0.1) is 0 Å². The molecule has 0 fully saturated rings. The average molecular weight is 182 g/mol. The van der Waals surface area contributed by atoms with Crippen LogP contribution in [-0.4, -0.2) is 27.4 Å². The molecule has 2 heteroatoms. The van der Waals surface area contributed by atoms with E-state index in [0.717, 1.165) is 13.0 Å². The number of ether oxygens (including phenoxy) is 2. The quantitative estimate of drug-likeness (QED) is 0.444. The first kappa shape index (κ1) is 12.1. The topological polar surface area (TPSA) is 18.5 Å². The van der Waals surface area contributed by atoms with Crippen molar-refractivity contribution < 1.29 is 9.47 Å². The Morgan fingerprint density at radius 1 is 0.846 bits per heavy atom. The van der Waals surface area contributed by atoms with E-state index in [0.29, 0.717) is 6.61 Å². The van der Waals surface area contributed by atoms with Gasteiger partial charge in [-0.25, -0.2) is 0 Å². The zero-order valence-electron chi connectivity index (χ0n) is 8.40. The number of methoxy groups -OCH3 is 2. The van der Waals surface area contributed by atoms with Gasteiger partial charge in [-0.1, -0.05) is 36.5 Å². The van der Waals surface area contributed by atoms with Crippen LogP contribution in [0.3, 0.4) is 0 Å². The third-order valence-corrected chi connectivity index (χ3v) is 1.36. The molecule has 2 nitrogen and oxygen atoms in total. The van der Waals surface area contributed by atoms with Crippen molar-refractivity contribution in [1.82, 2.24) is 0 Å². The van der Waals surface area contributed by atoms with Crippen LogP contribution in [-0.2, 0) is 9.47 Å². The number of rotatable bonds is 7. The van der Waals surface area contributed by atoms with E-state index < -0.39 is 0 Å². The molecule has 0 aromatic rings. The second-order valence-electron chi connectivity index (χ2n) is 2.48. The van der Waals surface area contributed by atoms with Gasteiger partial charge < -0.3 is 9.47 Å². The first-order valence-electron chi connectivity index (χ1n) is 4.38. The summed E-state index contributed by atoms with van der Waals surface area (Å²) in [6.45, 7) is 1.45. The highest BCUT2D eigenvalue weighted by Gasteiger charge is 1.74. The molecular weight excluding hydrogens is 164 g/mol. The lowest BCUT2D eigenvalue weighted by molar-refractivity contribution is 0.204. The van der Waals surface area contributed by atoms with Crippen LogP contribution in [0.5, 0.6) is 0 Å². The normalized spacial score (nSPS) is 12.5. The molecule has 0 radical (unpaired) electrons. The van der Waals surface area contributed by atoms with Gasteiger partial charge >= 0.3 is 0 Å². The Morgan fingerprint density at radius 3 is 2.15 bits per heavy atom. The van der Waals surface area contributed by atoms with Crippen molar-refractivity contribution >= 4 is 0 Å². The zero-order chi connectivity index (χ0) is 9.78. The lowest BCUT2D eigenvalue weighted by Crippen LogP contribution is -1.82. The van der Waals surface area contributed by atoms with Crippen LogP contribution < -0.4 is 0 Å². The van der Waals surface area contributed by atoms with Gasteiger partial charge in [0.2, 0.25) is 0 Å². The third kappa shape index (κ3) is 11.1. The third-order valence-electron chi connectivity index (χ3n) is 1.36. The molecule has 0 spiro atoms. The van der Waals surface area contributed by atoms with E-state index in [4.69, 9.17) is 9.47 Å². The summed E-state index contributed by atoms with van der Waals surface area (Å²) in [4.78, 5) is 0. The molecule has 0 aliphatic heterocycles. The molecule has 13 heavy (non-hydrogen) atoms. The smallest absolute Gasteiger partial charge is 0.0646 e. The van der Waals surface area contributed by atoms with E-state index in [9.17, 15) is 0 Å². The molecule has 0 aromatic heterocycles. The maximum Gasteiger partial charge on any atom is 0.0646 e. The molecule has 0 amide bonds. The van der Waals surface area contributed by atoms with Crippen molar-refractivity contribution in [2.24, 2.45) is 0 Å². The highest BCUT2D eigenvalue weighted by Crippen LogP contribution is 1.85. The van der Waals surface area contributed by atoms with Gasteiger partial charge in [0, 0.05) is 20.8 Å². The fourth-order valence-corrected chi connectivity index (χ4v) is 0.719. The maximum absolute atomic E-state index is 4.90. The van der Waals surface area contributed by atoms with E-state index in [2.05, 4.69) is 6.08 Å². The van der Waals surface area contributed by atoms with Crippen molar-refractivity contribution in [3.05, 3.63) is 36.5 Å². The van der Waals surface area contributed by atoms with E-state index in [-0.39, 0.29) is 0 Å². The first-order chi connectivity index (χ1) is 6.41.